The molecule has 0 atom stereocenters. The number of fused-ring (bicyclic) bond motifs is 2. The summed E-state index contributed by atoms with van der Waals surface area (Å²) >= 11 is 0. The van der Waals surface area contributed by atoms with Crippen LogP contribution in [0.1, 0.15) is 34.5 Å². The molecule has 1 N–H and O–H groups in total. The normalized spacial score (nSPS) is 16.1. The van der Waals surface area contributed by atoms with Gasteiger partial charge < -0.3 is 9.64 Å². The molecule has 4 heterocycles. The minimum Gasteiger partial charge on any atom is -0.437 e. The Morgan fingerprint density at radius 1 is 1.00 bits per heavy atom. The number of hydrogen-bond acceptors (Lipinski definition) is 5. The first kappa shape index (κ1) is 27.3. The molecule has 4 aromatic rings. The number of alkyl halides is 3. The highest BCUT2D eigenvalue weighted by atomic mass is 19.4. The Morgan fingerprint density at radius 2 is 1.74 bits per heavy atom. The maximum atomic E-state index is 14.9. The van der Waals surface area contributed by atoms with Gasteiger partial charge in [0, 0.05) is 43.9 Å². The Kier molecular flexibility index (Phi) is 6.43. The van der Waals surface area contributed by atoms with Crippen LogP contribution in [0.15, 0.2) is 60.9 Å². The molecule has 14 heteroatoms. The predicted molar refractivity (Wildman–Crippen MR) is 135 cm³/mol. The van der Waals surface area contributed by atoms with Gasteiger partial charge in [-0.25, -0.2) is 22.6 Å². The fourth-order valence-corrected chi connectivity index (χ4v) is 5.31. The smallest absolute Gasteiger partial charge is 0.419 e. The molecule has 2 aliphatic rings. The van der Waals surface area contributed by atoms with E-state index in [1.807, 2.05) is 0 Å². The van der Waals surface area contributed by atoms with E-state index in [0.29, 0.717) is 17.7 Å². The highest BCUT2D eigenvalue weighted by Gasteiger charge is 2.48. The third kappa shape index (κ3) is 4.62. The van der Waals surface area contributed by atoms with E-state index in [2.05, 4.69) is 15.4 Å². The van der Waals surface area contributed by atoms with Crippen molar-refractivity contribution in [3.8, 4) is 16.9 Å². The number of benzene rings is 2. The van der Waals surface area contributed by atoms with Crippen LogP contribution in [0.3, 0.4) is 0 Å². The first-order chi connectivity index (χ1) is 20.0. The van der Waals surface area contributed by atoms with Crippen molar-refractivity contribution in [2.24, 2.45) is 0 Å². The number of pyridine rings is 1. The molecule has 8 nitrogen and oxygen atoms in total. The van der Waals surface area contributed by atoms with Gasteiger partial charge in [-0.1, -0.05) is 0 Å². The van der Waals surface area contributed by atoms with E-state index in [1.54, 1.807) is 12.1 Å². The first-order valence-electron chi connectivity index (χ1n) is 12.6. The van der Waals surface area contributed by atoms with Gasteiger partial charge in [-0.2, -0.15) is 18.3 Å². The summed E-state index contributed by atoms with van der Waals surface area (Å²) in [5.41, 5.74) is -2.71. The molecule has 1 fully saturated rings. The van der Waals surface area contributed by atoms with E-state index in [1.165, 1.54) is 29.4 Å². The number of carbonyl (C=O) groups excluding carboxylic acids is 2. The summed E-state index contributed by atoms with van der Waals surface area (Å²) in [5, 5.41) is 6.62. The summed E-state index contributed by atoms with van der Waals surface area (Å²) < 4.78 is 89.8. The Balaban J connectivity index is 1.33. The Hall–Kier alpha value is -4.88. The average Bonchev–Trinajstić information content (AvgIpc) is 3.40. The molecule has 0 unspecified atom stereocenters. The zero-order valence-corrected chi connectivity index (χ0v) is 21.4. The highest BCUT2D eigenvalue weighted by Crippen LogP contribution is 2.45. The van der Waals surface area contributed by atoms with Gasteiger partial charge in [0.25, 0.3) is 5.91 Å². The Bertz CT molecular complexity index is 1720. The number of ether oxygens (including phenoxy) is 1. The van der Waals surface area contributed by atoms with E-state index in [9.17, 15) is 35.9 Å². The van der Waals surface area contributed by atoms with Crippen LogP contribution in [-0.4, -0.2) is 44.8 Å². The molecule has 0 saturated carbocycles. The van der Waals surface area contributed by atoms with Crippen molar-refractivity contribution in [2.75, 3.05) is 18.4 Å². The van der Waals surface area contributed by atoms with E-state index >= 15 is 0 Å². The highest BCUT2D eigenvalue weighted by molar-refractivity contribution is 5.94. The average molecular weight is 587 g/mol. The van der Waals surface area contributed by atoms with Crippen molar-refractivity contribution in [2.45, 2.75) is 24.6 Å². The second kappa shape index (κ2) is 9.89. The van der Waals surface area contributed by atoms with Crippen molar-refractivity contribution in [1.29, 1.82) is 0 Å². The second-order valence-corrected chi connectivity index (χ2v) is 9.82. The maximum Gasteiger partial charge on any atom is 0.419 e. The molecule has 2 aromatic carbocycles. The summed E-state index contributed by atoms with van der Waals surface area (Å²) in [6.07, 6.45) is -3.00. The first-order valence-corrected chi connectivity index (χ1v) is 12.6. The number of nitrogens with zero attached hydrogens (tertiary/aromatic N) is 4. The van der Waals surface area contributed by atoms with Crippen LogP contribution in [0.5, 0.6) is 0 Å². The fourth-order valence-electron chi connectivity index (χ4n) is 5.31. The summed E-state index contributed by atoms with van der Waals surface area (Å²) in [6, 6.07) is 9.06. The van der Waals surface area contributed by atoms with Crippen LogP contribution in [0.4, 0.5) is 36.8 Å². The Labute approximate surface area is 233 Å². The van der Waals surface area contributed by atoms with Gasteiger partial charge in [-0.05, 0) is 48.5 Å². The fraction of sp³-hybridized carbons (Fsp3) is 0.214. The quantitative estimate of drug-likeness (QED) is 0.294. The lowest BCUT2D eigenvalue weighted by Crippen LogP contribution is -2.50. The minimum absolute atomic E-state index is 0.0363. The van der Waals surface area contributed by atoms with Gasteiger partial charge in [0.2, 0.25) is 0 Å². The summed E-state index contributed by atoms with van der Waals surface area (Å²) in [5.74, 6) is -4.34. The van der Waals surface area contributed by atoms with Crippen molar-refractivity contribution in [3.63, 3.8) is 0 Å². The lowest BCUT2D eigenvalue weighted by atomic mass is 9.81. The molecule has 1 spiro atoms. The number of likely N-dealkylation sites (tertiary alicyclic amines) is 1. The van der Waals surface area contributed by atoms with Gasteiger partial charge in [-0.15, -0.1) is 0 Å². The molecular weight excluding hydrogens is 568 g/mol. The monoisotopic (exact) mass is 587 g/mol. The lowest BCUT2D eigenvalue weighted by Gasteiger charge is -2.44. The summed E-state index contributed by atoms with van der Waals surface area (Å²) in [6.45, 7) is -0.0727. The number of halogens is 6. The number of amides is 2. The summed E-state index contributed by atoms with van der Waals surface area (Å²) in [4.78, 5) is 31.1. The van der Waals surface area contributed by atoms with Gasteiger partial charge in [-0.3, -0.25) is 15.1 Å². The summed E-state index contributed by atoms with van der Waals surface area (Å²) in [7, 11) is 0. The number of aromatic nitrogens is 3. The molecule has 2 aliphatic heterocycles. The Morgan fingerprint density at radius 3 is 2.43 bits per heavy atom. The molecule has 42 heavy (non-hydrogen) atoms. The van der Waals surface area contributed by atoms with Crippen molar-refractivity contribution < 1.29 is 40.7 Å². The molecule has 2 amide bonds. The number of carbonyl (C=O) groups is 2. The maximum absolute atomic E-state index is 14.9. The third-order valence-corrected chi connectivity index (χ3v) is 7.32. The van der Waals surface area contributed by atoms with Gasteiger partial charge in [0.15, 0.2) is 17.3 Å². The van der Waals surface area contributed by atoms with Crippen molar-refractivity contribution in [3.05, 3.63) is 95.2 Å². The number of piperidine rings is 1. The molecule has 0 aliphatic carbocycles. The zero-order valence-electron chi connectivity index (χ0n) is 21.4. The molecular formula is C28H19F6N5O3. The largest absolute Gasteiger partial charge is 0.437 e. The predicted octanol–water partition coefficient (Wildman–Crippen LogP) is 6.06. The second-order valence-electron chi connectivity index (χ2n) is 9.82. The number of rotatable bonds is 3. The van der Waals surface area contributed by atoms with Crippen LogP contribution in [0.25, 0.3) is 16.9 Å². The molecule has 216 valence electrons. The van der Waals surface area contributed by atoms with E-state index in [0.717, 1.165) is 16.8 Å². The number of anilines is 1. The van der Waals surface area contributed by atoms with Crippen molar-refractivity contribution >= 4 is 17.7 Å². The molecule has 0 radical (unpaired) electrons. The van der Waals surface area contributed by atoms with Gasteiger partial charge in [0.1, 0.15) is 11.4 Å². The standard InChI is InChI=1S/C28H19F6N5O3/c29-18-4-3-16(12-17(18)28(32,33)34)39-22(15-2-1-9-35-14-15)13-21(37-39)25(40)38-10-7-27(8-11-38)23-20(36-26(41)42-27)6-5-19(30)24(23)31/h1-6,9,12-14H,7-8,10-11H2,(H,36,41). The molecule has 6 rings (SSSR count). The van der Waals surface area contributed by atoms with Crippen LogP contribution in [0.2, 0.25) is 0 Å². The molecule has 0 bridgehead atoms. The van der Waals surface area contributed by atoms with E-state index in [-0.39, 0.29) is 54.3 Å². The third-order valence-electron chi connectivity index (χ3n) is 7.32. The number of hydrogen-bond donors (Lipinski definition) is 1. The lowest BCUT2D eigenvalue weighted by molar-refractivity contribution is -0.140. The van der Waals surface area contributed by atoms with Crippen LogP contribution >= 0.6 is 0 Å². The molecule has 1 saturated heterocycles. The van der Waals surface area contributed by atoms with Crippen LogP contribution in [0, 0.1) is 17.5 Å². The van der Waals surface area contributed by atoms with Crippen molar-refractivity contribution in [1.82, 2.24) is 19.7 Å². The zero-order chi connectivity index (χ0) is 29.8. The van der Waals surface area contributed by atoms with Crippen LogP contribution in [-0.2, 0) is 16.5 Å². The number of nitrogens with one attached hydrogen (secondary N) is 1. The minimum atomic E-state index is -4.97. The van der Waals surface area contributed by atoms with Crippen LogP contribution < -0.4 is 5.32 Å². The van der Waals surface area contributed by atoms with Gasteiger partial charge in [0.05, 0.1) is 28.2 Å². The van der Waals surface area contributed by atoms with E-state index in [4.69, 9.17) is 4.74 Å². The SMILES string of the molecule is O=C1Nc2ccc(F)c(F)c2C2(CCN(C(=O)c3cc(-c4cccnc4)n(-c4ccc(F)c(C(F)(F)F)c4)n3)CC2)O1. The molecule has 2 aromatic heterocycles. The van der Waals surface area contributed by atoms with E-state index < -0.39 is 46.8 Å². The van der Waals surface area contributed by atoms with Gasteiger partial charge >= 0.3 is 12.3 Å². The topological polar surface area (TPSA) is 89.4 Å².